The highest BCUT2D eigenvalue weighted by Crippen LogP contribution is 2.26. The van der Waals surface area contributed by atoms with Crippen LogP contribution in [0.3, 0.4) is 0 Å². The van der Waals surface area contributed by atoms with Gasteiger partial charge in [-0.3, -0.25) is 0 Å². The van der Waals surface area contributed by atoms with E-state index in [1.54, 1.807) is 0 Å². The van der Waals surface area contributed by atoms with Crippen molar-refractivity contribution in [3.05, 3.63) is 35.9 Å². The zero-order valence-corrected chi connectivity index (χ0v) is 15.5. The van der Waals surface area contributed by atoms with Gasteiger partial charge in [0, 0.05) is 0 Å². The van der Waals surface area contributed by atoms with E-state index in [0.717, 1.165) is 12.3 Å². The minimum absolute atomic E-state index is 0.196. The van der Waals surface area contributed by atoms with Crippen molar-refractivity contribution in [3.63, 3.8) is 0 Å². The molecule has 0 heterocycles. The molecule has 0 nitrogen and oxygen atoms in total. The zero-order chi connectivity index (χ0) is 16.0. The minimum atomic E-state index is 0.196. The fraction of sp³-hybridized carbons (Fsp3) is 0.714. The first-order valence-electron chi connectivity index (χ1n) is 9.39. The van der Waals surface area contributed by atoms with E-state index in [2.05, 4.69) is 44.2 Å². The van der Waals surface area contributed by atoms with Crippen LogP contribution in [0.1, 0.15) is 95.4 Å². The lowest BCUT2D eigenvalue weighted by Gasteiger charge is -2.09. The molecule has 1 rings (SSSR count). The van der Waals surface area contributed by atoms with Crippen molar-refractivity contribution < 1.29 is 0 Å². The van der Waals surface area contributed by atoms with Gasteiger partial charge in [-0.05, 0) is 17.9 Å². The van der Waals surface area contributed by atoms with Crippen molar-refractivity contribution in [2.75, 3.05) is 0 Å². The molecule has 0 N–H and O–H groups in total. The molecular weight excluding hydrogens is 288 g/mol. The number of benzene rings is 1. The molecule has 0 aromatic heterocycles. The molecule has 0 spiro atoms. The molecule has 1 aromatic carbocycles. The average molecular weight is 323 g/mol. The Balaban J connectivity index is 1.86. The van der Waals surface area contributed by atoms with Crippen LogP contribution in [0.4, 0.5) is 0 Å². The van der Waals surface area contributed by atoms with Crippen molar-refractivity contribution in [1.29, 1.82) is 0 Å². The lowest BCUT2D eigenvalue weighted by Crippen LogP contribution is -1.90. The van der Waals surface area contributed by atoms with Crippen LogP contribution in [0.15, 0.2) is 30.3 Å². The van der Waals surface area contributed by atoms with Crippen LogP contribution in [-0.4, -0.2) is 0 Å². The molecule has 0 saturated carbocycles. The van der Waals surface area contributed by atoms with Crippen molar-refractivity contribution in [2.24, 2.45) is 5.92 Å². The summed E-state index contributed by atoms with van der Waals surface area (Å²) in [5, 5.41) is 0.196. The molecule has 0 saturated heterocycles. The number of rotatable bonds is 13. The van der Waals surface area contributed by atoms with Gasteiger partial charge in [0.15, 0.2) is 0 Å². The molecule has 0 radical (unpaired) electrons. The SMILES string of the molecule is CC(C)CCCCCCCCCCCC(Cl)c1ccccc1. The maximum absolute atomic E-state index is 6.44. The van der Waals surface area contributed by atoms with Gasteiger partial charge in [0.1, 0.15) is 0 Å². The average Bonchev–Trinajstić information content (AvgIpc) is 2.53. The fourth-order valence-electron chi connectivity index (χ4n) is 2.94. The van der Waals surface area contributed by atoms with Gasteiger partial charge in [0.2, 0.25) is 0 Å². The first-order chi connectivity index (χ1) is 10.7. The molecule has 0 aliphatic carbocycles. The summed E-state index contributed by atoms with van der Waals surface area (Å²) < 4.78 is 0. The summed E-state index contributed by atoms with van der Waals surface area (Å²) >= 11 is 6.44. The summed E-state index contributed by atoms with van der Waals surface area (Å²) in [6.45, 7) is 4.65. The van der Waals surface area contributed by atoms with Crippen LogP contribution >= 0.6 is 11.6 Å². The maximum atomic E-state index is 6.44. The van der Waals surface area contributed by atoms with Gasteiger partial charge in [-0.1, -0.05) is 108 Å². The third-order valence-corrected chi connectivity index (χ3v) is 4.87. The monoisotopic (exact) mass is 322 g/mol. The first kappa shape index (κ1) is 19.6. The van der Waals surface area contributed by atoms with Crippen molar-refractivity contribution >= 4 is 11.6 Å². The lowest BCUT2D eigenvalue weighted by molar-refractivity contribution is 0.504. The van der Waals surface area contributed by atoms with Gasteiger partial charge in [-0.2, -0.15) is 0 Å². The standard InChI is InChI=1S/C21H35Cl/c1-19(2)15-11-8-6-4-3-5-7-9-14-18-21(22)20-16-12-10-13-17-20/h10,12-13,16-17,19,21H,3-9,11,14-15,18H2,1-2H3. The van der Waals surface area contributed by atoms with Crippen molar-refractivity contribution in [1.82, 2.24) is 0 Å². The fourth-order valence-corrected chi connectivity index (χ4v) is 3.24. The van der Waals surface area contributed by atoms with Crippen LogP contribution in [0, 0.1) is 5.92 Å². The van der Waals surface area contributed by atoms with E-state index in [-0.39, 0.29) is 5.38 Å². The molecule has 22 heavy (non-hydrogen) atoms. The van der Waals surface area contributed by atoms with E-state index in [0.29, 0.717) is 0 Å². The second-order valence-electron chi connectivity index (χ2n) is 7.03. The van der Waals surface area contributed by atoms with Crippen molar-refractivity contribution in [2.45, 2.75) is 89.9 Å². The highest BCUT2D eigenvalue weighted by atomic mass is 35.5. The number of halogens is 1. The van der Waals surface area contributed by atoms with E-state index in [9.17, 15) is 0 Å². The van der Waals surface area contributed by atoms with Gasteiger partial charge < -0.3 is 0 Å². The Labute approximate surface area is 143 Å². The Kier molecular flexibility index (Phi) is 11.6. The summed E-state index contributed by atoms with van der Waals surface area (Å²) in [7, 11) is 0. The van der Waals surface area contributed by atoms with Gasteiger partial charge in [0.05, 0.1) is 5.38 Å². The predicted octanol–water partition coefficient (Wildman–Crippen LogP) is 7.91. The van der Waals surface area contributed by atoms with E-state index < -0.39 is 0 Å². The van der Waals surface area contributed by atoms with Gasteiger partial charge in [-0.25, -0.2) is 0 Å². The number of hydrogen-bond donors (Lipinski definition) is 0. The van der Waals surface area contributed by atoms with Crippen LogP contribution < -0.4 is 0 Å². The minimum Gasteiger partial charge on any atom is -0.118 e. The molecule has 0 amide bonds. The summed E-state index contributed by atoms with van der Waals surface area (Å²) in [6.07, 6.45) is 15.0. The second kappa shape index (κ2) is 13.0. The Morgan fingerprint density at radius 1 is 0.682 bits per heavy atom. The van der Waals surface area contributed by atoms with Gasteiger partial charge in [0.25, 0.3) is 0 Å². The summed E-state index contributed by atoms with van der Waals surface area (Å²) in [6, 6.07) is 10.5. The molecule has 1 unspecified atom stereocenters. The topological polar surface area (TPSA) is 0 Å². The van der Waals surface area contributed by atoms with Crippen molar-refractivity contribution in [3.8, 4) is 0 Å². The third-order valence-electron chi connectivity index (χ3n) is 4.40. The maximum Gasteiger partial charge on any atom is 0.0585 e. The van der Waals surface area contributed by atoms with E-state index in [1.165, 1.54) is 69.8 Å². The molecular formula is C21H35Cl. The highest BCUT2D eigenvalue weighted by molar-refractivity contribution is 6.20. The second-order valence-corrected chi connectivity index (χ2v) is 7.56. The van der Waals surface area contributed by atoms with Crippen LogP contribution in [0.2, 0.25) is 0 Å². The highest BCUT2D eigenvalue weighted by Gasteiger charge is 2.06. The molecule has 0 fully saturated rings. The smallest absolute Gasteiger partial charge is 0.0585 e. The molecule has 126 valence electrons. The van der Waals surface area contributed by atoms with E-state index in [1.807, 2.05) is 0 Å². The Bertz CT molecular complexity index is 344. The van der Waals surface area contributed by atoms with E-state index >= 15 is 0 Å². The largest absolute Gasteiger partial charge is 0.118 e. The lowest BCUT2D eigenvalue weighted by atomic mass is 10.0. The third kappa shape index (κ3) is 10.3. The quantitative estimate of drug-likeness (QED) is 0.255. The number of alkyl halides is 1. The first-order valence-corrected chi connectivity index (χ1v) is 9.83. The molecule has 1 aromatic rings. The molecule has 0 aliphatic rings. The van der Waals surface area contributed by atoms with Crippen LogP contribution in [0.25, 0.3) is 0 Å². The van der Waals surface area contributed by atoms with Gasteiger partial charge in [-0.15, -0.1) is 11.6 Å². The molecule has 0 bridgehead atoms. The van der Waals surface area contributed by atoms with Crippen LogP contribution in [0.5, 0.6) is 0 Å². The summed E-state index contributed by atoms with van der Waals surface area (Å²) in [5.41, 5.74) is 1.27. The molecule has 0 aliphatic heterocycles. The number of hydrogen-bond acceptors (Lipinski definition) is 0. The Hall–Kier alpha value is -0.490. The number of unbranched alkanes of at least 4 members (excludes halogenated alkanes) is 8. The van der Waals surface area contributed by atoms with E-state index in [4.69, 9.17) is 11.6 Å². The Morgan fingerprint density at radius 2 is 1.14 bits per heavy atom. The molecule has 1 heteroatoms. The zero-order valence-electron chi connectivity index (χ0n) is 14.7. The van der Waals surface area contributed by atoms with Gasteiger partial charge >= 0.3 is 0 Å². The summed E-state index contributed by atoms with van der Waals surface area (Å²) in [5.74, 6) is 0.877. The molecule has 1 atom stereocenters. The predicted molar refractivity (Wildman–Crippen MR) is 101 cm³/mol. The summed E-state index contributed by atoms with van der Waals surface area (Å²) in [4.78, 5) is 0. The normalized spacial score (nSPS) is 12.7. The van der Waals surface area contributed by atoms with Crippen LogP contribution in [-0.2, 0) is 0 Å². The Morgan fingerprint density at radius 3 is 1.64 bits per heavy atom.